The number of thioether (sulfide) groups is 1. The molecular formula is C19H19N3O3S. The van der Waals surface area contributed by atoms with E-state index in [1.54, 1.807) is 43.1 Å². The topological polar surface area (TPSA) is 77.2 Å². The van der Waals surface area contributed by atoms with Crippen LogP contribution in [-0.4, -0.2) is 29.0 Å². The Morgan fingerprint density at radius 3 is 2.73 bits per heavy atom. The first kappa shape index (κ1) is 18.0. The Hall–Kier alpha value is -2.80. The van der Waals surface area contributed by atoms with Gasteiger partial charge in [-0.25, -0.2) is 0 Å². The second-order valence-corrected chi connectivity index (χ2v) is 6.78. The van der Waals surface area contributed by atoms with E-state index in [0.717, 1.165) is 11.3 Å². The molecule has 0 aliphatic carbocycles. The maximum Gasteiger partial charge on any atom is 0.322 e. The van der Waals surface area contributed by atoms with Crippen LogP contribution in [0.3, 0.4) is 0 Å². The van der Waals surface area contributed by atoms with E-state index >= 15 is 0 Å². The third kappa shape index (κ3) is 4.64. The molecule has 0 bridgehead atoms. The largest absolute Gasteiger partial charge is 0.497 e. The van der Waals surface area contributed by atoms with Crippen molar-refractivity contribution in [1.29, 1.82) is 0 Å². The minimum atomic E-state index is -0.333. The van der Waals surface area contributed by atoms with Crippen molar-refractivity contribution in [3.8, 4) is 5.75 Å². The highest BCUT2D eigenvalue weighted by Crippen LogP contribution is 2.20. The molecule has 26 heavy (non-hydrogen) atoms. The maximum absolute atomic E-state index is 12.3. The van der Waals surface area contributed by atoms with Gasteiger partial charge in [0, 0.05) is 10.5 Å². The van der Waals surface area contributed by atoms with Crippen LogP contribution in [-0.2, 0) is 6.42 Å². The number of nitrogens with one attached hydrogen (secondary N) is 1. The maximum atomic E-state index is 12.3. The van der Waals surface area contributed by atoms with Crippen LogP contribution in [0, 0.1) is 0 Å². The number of carbonyl (C=O) groups is 1. The minimum absolute atomic E-state index is 0.0750. The number of carbonyl (C=O) groups excluding carboxylic acids is 1. The fraction of sp³-hybridized carbons (Fsp3) is 0.211. The van der Waals surface area contributed by atoms with Crippen LogP contribution in [0.5, 0.6) is 5.75 Å². The van der Waals surface area contributed by atoms with E-state index in [1.807, 2.05) is 12.1 Å². The SMILES string of the molecule is CCSc1ccc(Cc2nnc(NC(=O)c3cccc(OC)c3)o2)cc1. The van der Waals surface area contributed by atoms with E-state index in [4.69, 9.17) is 9.15 Å². The summed E-state index contributed by atoms with van der Waals surface area (Å²) in [6.07, 6.45) is 0.513. The quantitative estimate of drug-likeness (QED) is 0.634. The van der Waals surface area contributed by atoms with E-state index in [2.05, 4.69) is 34.6 Å². The highest BCUT2D eigenvalue weighted by Gasteiger charge is 2.12. The predicted molar refractivity (Wildman–Crippen MR) is 101 cm³/mol. The molecule has 0 aliphatic rings. The van der Waals surface area contributed by atoms with Crippen LogP contribution >= 0.6 is 11.8 Å². The van der Waals surface area contributed by atoms with E-state index in [1.165, 1.54) is 4.90 Å². The van der Waals surface area contributed by atoms with E-state index < -0.39 is 0 Å². The van der Waals surface area contributed by atoms with Gasteiger partial charge in [-0.05, 0) is 41.6 Å². The molecule has 0 atom stereocenters. The van der Waals surface area contributed by atoms with Crippen LogP contribution in [0.25, 0.3) is 0 Å². The number of ether oxygens (including phenoxy) is 1. The molecule has 1 heterocycles. The molecule has 134 valence electrons. The lowest BCUT2D eigenvalue weighted by Gasteiger charge is -2.03. The second kappa shape index (κ2) is 8.53. The van der Waals surface area contributed by atoms with Crippen molar-refractivity contribution in [3.05, 3.63) is 65.5 Å². The molecule has 1 N–H and O–H groups in total. The average molecular weight is 369 g/mol. The van der Waals surface area contributed by atoms with Crippen molar-refractivity contribution in [3.63, 3.8) is 0 Å². The zero-order valence-corrected chi connectivity index (χ0v) is 15.4. The number of aromatic nitrogens is 2. The molecule has 7 heteroatoms. The molecule has 0 saturated carbocycles. The highest BCUT2D eigenvalue weighted by atomic mass is 32.2. The fourth-order valence-corrected chi connectivity index (χ4v) is 3.02. The fourth-order valence-electron chi connectivity index (χ4n) is 2.35. The molecular weight excluding hydrogens is 350 g/mol. The lowest BCUT2D eigenvalue weighted by Crippen LogP contribution is -2.12. The summed E-state index contributed by atoms with van der Waals surface area (Å²) < 4.78 is 10.6. The molecule has 1 aromatic heterocycles. The second-order valence-electron chi connectivity index (χ2n) is 5.44. The molecule has 0 radical (unpaired) electrons. The molecule has 0 aliphatic heterocycles. The lowest BCUT2D eigenvalue weighted by atomic mass is 10.1. The van der Waals surface area contributed by atoms with Gasteiger partial charge in [0.15, 0.2) is 0 Å². The molecule has 0 spiro atoms. The molecule has 0 fully saturated rings. The van der Waals surface area contributed by atoms with Gasteiger partial charge in [-0.2, -0.15) is 0 Å². The van der Waals surface area contributed by atoms with Crippen LogP contribution in [0.2, 0.25) is 0 Å². The van der Waals surface area contributed by atoms with Crippen molar-refractivity contribution in [2.45, 2.75) is 18.2 Å². The number of benzene rings is 2. The van der Waals surface area contributed by atoms with E-state index in [9.17, 15) is 4.79 Å². The number of nitrogens with zero attached hydrogens (tertiary/aromatic N) is 2. The van der Waals surface area contributed by atoms with E-state index in [-0.39, 0.29) is 11.9 Å². The van der Waals surface area contributed by atoms with Crippen LogP contribution in [0.1, 0.15) is 28.7 Å². The average Bonchev–Trinajstić information content (AvgIpc) is 3.10. The van der Waals surface area contributed by atoms with Gasteiger partial charge in [-0.3, -0.25) is 10.1 Å². The minimum Gasteiger partial charge on any atom is -0.497 e. The van der Waals surface area contributed by atoms with Crippen molar-refractivity contribution in [2.75, 3.05) is 18.2 Å². The van der Waals surface area contributed by atoms with Gasteiger partial charge in [0.2, 0.25) is 5.89 Å². The van der Waals surface area contributed by atoms with Crippen molar-refractivity contribution in [1.82, 2.24) is 10.2 Å². The molecule has 2 aromatic carbocycles. The predicted octanol–water partition coefficient (Wildman–Crippen LogP) is 4.03. The van der Waals surface area contributed by atoms with Gasteiger partial charge in [0.25, 0.3) is 5.91 Å². The van der Waals surface area contributed by atoms with Gasteiger partial charge in [0.05, 0.1) is 13.5 Å². The highest BCUT2D eigenvalue weighted by molar-refractivity contribution is 7.99. The molecule has 6 nitrogen and oxygen atoms in total. The molecule has 3 rings (SSSR count). The standard InChI is InChI=1S/C19H19N3O3S/c1-3-26-16-9-7-13(8-10-16)11-17-21-22-19(25-17)20-18(23)14-5-4-6-15(12-14)24-2/h4-10,12H,3,11H2,1-2H3,(H,20,22,23). The Bertz CT molecular complexity index is 878. The Labute approximate surface area is 156 Å². The number of hydrogen-bond donors (Lipinski definition) is 1. The summed E-state index contributed by atoms with van der Waals surface area (Å²) in [5.74, 6) is 1.76. The Kier molecular flexibility index (Phi) is 5.91. The molecule has 1 amide bonds. The lowest BCUT2D eigenvalue weighted by molar-refractivity contribution is 0.102. The third-order valence-corrected chi connectivity index (χ3v) is 4.50. The summed E-state index contributed by atoms with van der Waals surface area (Å²) in [5, 5.41) is 10.5. The van der Waals surface area contributed by atoms with Gasteiger partial charge < -0.3 is 9.15 Å². The van der Waals surface area contributed by atoms with Crippen molar-refractivity contribution >= 4 is 23.7 Å². The number of anilines is 1. The summed E-state index contributed by atoms with van der Waals surface area (Å²) in [5.41, 5.74) is 1.52. The van der Waals surface area contributed by atoms with Gasteiger partial charge in [-0.1, -0.05) is 30.2 Å². The summed E-state index contributed by atoms with van der Waals surface area (Å²) in [6, 6.07) is 15.1. The Morgan fingerprint density at radius 2 is 2.00 bits per heavy atom. The first-order chi connectivity index (χ1) is 12.7. The van der Waals surface area contributed by atoms with Gasteiger partial charge in [-0.15, -0.1) is 16.9 Å². The van der Waals surface area contributed by atoms with Crippen LogP contribution in [0.4, 0.5) is 6.01 Å². The first-order valence-electron chi connectivity index (χ1n) is 8.17. The summed E-state index contributed by atoms with van der Waals surface area (Å²) in [4.78, 5) is 13.5. The normalized spacial score (nSPS) is 10.5. The molecule has 0 saturated heterocycles. The number of methoxy groups -OCH3 is 1. The number of hydrogen-bond acceptors (Lipinski definition) is 6. The first-order valence-corrected chi connectivity index (χ1v) is 9.16. The summed E-state index contributed by atoms with van der Waals surface area (Å²) in [7, 11) is 1.55. The number of rotatable bonds is 7. The number of amides is 1. The Balaban J connectivity index is 1.63. The van der Waals surface area contributed by atoms with Crippen molar-refractivity contribution in [2.24, 2.45) is 0 Å². The Morgan fingerprint density at radius 1 is 1.19 bits per heavy atom. The van der Waals surface area contributed by atoms with Gasteiger partial charge >= 0.3 is 6.01 Å². The molecule has 3 aromatic rings. The zero-order chi connectivity index (χ0) is 18.4. The van der Waals surface area contributed by atoms with Gasteiger partial charge in [0.1, 0.15) is 5.75 Å². The van der Waals surface area contributed by atoms with Crippen molar-refractivity contribution < 1.29 is 13.9 Å². The van der Waals surface area contributed by atoms with E-state index in [0.29, 0.717) is 23.6 Å². The van der Waals surface area contributed by atoms with Crippen LogP contribution < -0.4 is 10.1 Å². The molecule has 0 unspecified atom stereocenters. The monoisotopic (exact) mass is 369 g/mol. The summed E-state index contributed by atoms with van der Waals surface area (Å²) in [6.45, 7) is 2.12. The smallest absolute Gasteiger partial charge is 0.322 e. The third-order valence-electron chi connectivity index (χ3n) is 3.61. The van der Waals surface area contributed by atoms with Crippen LogP contribution in [0.15, 0.2) is 57.8 Å². The summed E-state index contributed by atoms with van der Waals surface area (Å²) >= 11 is 1.79. The zero-order valence-electron chi connectivity index (χ0n) is 14.6.